The number of nitrogens with zero attached hydrogens (tertiary/aromatic N) is 5. The Hall–Kier alpha value is -3.81. The fourth-order valence-electron chi connectivity index (χ4n) is 5.81. The molecule has 4 heterocycles. The van der Waals surface area contributed by atoms with Crippen LogP contribution in [0.15, 0.2) is 73.1 Å². The van der Waals surface area contributed by atoms with Crippen LogP contribution in [0.2, 0.25) is 0 Å². The number of nitrogen functional groups attached to an aromatic ring is 1. The molecule has 2 aromatic carbocycles. The van der Waals surface area contributed by atoms with E-state index in [1.54, 1.807) is 6.20 Å². The van der Waals surface area contributed by atoms with Crippen molar-refractivity contribution in [1.29, 1.82) is 0 Å². The summed E-state index contributed by atoms with van der Waals surface area (Å²) in [5.74, 6) is 1.88. The van der Waals surface area contributed by atoms with E-state index in [9.17, 15) is 5.11 Å². The minimum atomic E-state index is -0.183. The number of hydrogen-bond acceptors (Lipinski definition) is 6. The van der Waals surface area contributed by atoms with Gasteiger partial charge in [-0.3, -0.25) is 9.30 Å². The van der Waals surface area contributed by atoms with Gasteiger partial charge in [0.15, 0.2) is 0 Å². The lowest BCUT2D eigenvalue weighted by atomic mass is 9.79. The zero-order chi connectivity index (χ0) is 24.2. The standard InChI is InChI=1S/C29H28N6O/c30-28-27-26(20-7-6-19-8-9-24(32-25(19)16-20)18-4-2-1-3-5-18)33-29(35(27)13-11-31-28)21-14-22(15-21)34-12-10-23(36)17-34/h1-9,11,13,16,21-23,36H,10,12,14-15,17H2,(H2,30,31)/t21?,22?,23-/m1/s1. The molecule has 3 aromatic heterocycles. The molecule has 1 saturated heterocycles. The van der Waals surface area contributed by atoms with Gasteiger partial charge in [-0.1, -0.05) is 48.5 Å². The second-order valence-electron chi connectivity index (χ2n) is 10.1. The molecule has 0 radical (unpaired) electrons. The number of anilines is 1. The first-order valence-corrected chi connectivity index (χ1v) is 12.7. The molecule has 7 rings (SSSR count). The highest BCUT2D eigenvalue weighted by molar-refractivity contribution is 5.91. The molecule has 0 unspecified atom stereocenters. The van der Waals surface area contributed by atoms with E-state index in [0.717, 1.165) is 77.1 Å². The molecule has 1 atom stereocenters. The van der Waals surface area contributed by atoms with Crippen LogP contribution in [-0.4, -0.2) is 54.6 Å². The lowest BCUT2D eigenvalue weighted by Crippen LogP contribution is -2.43. The van der Waals surface area contributed by atoms with E-state index in [1.165, 1.54) is 0 Å². The van der Waals surface area contributed by atoms with Crippen LogP contribution in [0.3, 0.4) is 0 Å². The predicted molar refractivity (Wildman–Crippen MR) is 142 cm³/mol. The van der Waals surface area contributed by atoms with Crippen molar-refractivity contribution in [3.63, 3.8) is 0 Å². The summed E-state index contributed by atoms with van der Waals surface area (Å²) in [7, 11) is 0. The van der Waals surface area contributed by atoms with E-state index in [0.29, 0.717) is 17.8 Å². The zero-order valence-corrected chi connectivity index (χ0v) is 20.0. The Bertz CT molecular complexity index is 1570. The fourth-order valence-corrected chi connectivity index (χ4v) is 5.81. The minimum Gasteiger partial charge on any atom is -0.392 e. The van der Waals surface area contributed by atoms with Gasteiger partial charge in [-0.05, 0) is 31.4 Å². The van der Waals surface area contributed by atoms with Gasteiger partial charge in [0.1, 0.15) is 22.9 Å². The first kappa shape index (κ1) is 21.5. The summed E-state index contributed by atoms with van der Waals surface area (Å²) in [6.45, 7) is 1.77. The molecule has 0 spiro atoms. The Morgan fingerprint density at radius 1 is 0.944 bits per heavy atom. The largest absolute Gasteiger partial charge is 0.392 e. The van der Waals surface area contributed by atoms with Crippen molar-refractivity contribution >= 4 is 22.2 Å². The molecule has 5 aromatic rings. The van der Waals surface area contributed by atoms with E-state index in [1.807, 2.05) is 24.4 Å². The number of imidazole rings is 1. The first-order valence-electron chi connectivity index (χ1n) is 12.7. The number of pyridine rings is 1. The predicted octanol–water partition coefficient (Wildman–Crippen LogP) is 4.51. The van der Waals surface area contributed by atoms with Crippen LogP contribution in [0, 0.1) is 0 Å². The molecule has 1 aliphatic carbocycles. The van der Waals surface area contributed by atoms with E-state index in [4.69, 9.17) is 15.7 Å². The molecule has 2 aliphatic rings. The van der Waals surface area contributed by atoms with E-state index in [-0.39, 0.29) is 6.10 Å². The highest BCUT2D eigenvalue weighted by atomic mass is 16.3. The molecule has 0 bridgehead atoms. The topological polar surface area (TPSA) is 92.6 Å². The maximum atomic E-state index is 9.93. The molecule has 1 aliphatic heterocycles. The molecule has 7 nitrogen and oxygen atoms in total. The molecule has 180 valence electrons. The van der Waals surface area contributed by atoms with Crippen LogP contribution in [0.25, 0.3) is 38.9 Å². The quantitative estimate of drug-likeness (QED) is 0.397. The number of β-amino-alcohol motifs (C(OH)–C–C–N with tert-alkyl or cyclic N) is 1. The summed E-state index contributed by atoms with van der Waals surface area (Å²) in [6, 6.07) is 21.2. The van der Waals surface area contributed by atoms with Crippen molar-refractivity contribution < 1.29 is 5.11 Å². The summed E-state index contributed by atoms with van der Waals surface area (Å²) >= 11 is 0. The highest BCUT2D eigenvalue weighted by Gasteiger charge is 2.39. The van der Waals surface area contributed by atoms with Crippen molar-refractivity contribution in [3.05, 3.63) is 78.9 Å². The molecule has 7 heteroatoms. The Labute approximate surface area is 209 Å². The van der Waals surface area contributed by atoms with E-state index >= 15 is 0 Å². The minimum absolute atomic E-state index is 0.183. The summed E-state index contributed by atoms with van der Waals surface area (Å²) in [4.78, 5) is 16.9. The lowest BCUT2D eigenvalue weighted by molar-refractivity contribution is 0.107. The van der Waals surface area contributed by atoms with Gasteiger partial charge in [0.2, 0.25) is 0 Å². The SMILES string of the molecule is Nc1nccn2c(C3CC(N4CC[C@@H](O)C4)C3)nc(-c3ccc4ccc(-c5ccccc5)nc4c3)c12. The monoisotopic (exact) mass is 476 g/mol. The third-order valence-electron chi connectivity index (χ3n) is 7.83. The van der Waals surface area contributed by atoms with Crippen molar-refractivity contribution in [1.82, 2.24) is 24.3 Å². The second kappa shape index (κ2) is 8.40. The number of fused-ring (bicyclic) bond motifs is 2. The summed E-state index contributed by atoms with van der Waals surface area (Å²) in [5, 5.41) is 11.0. The van der Waals surface area contributed by atoms with Gasteiger partial charge in [0.25, 0.3) is 0 Å². The van der Waals surface area contributed by atoms with Gasteiger partial charge >= 0.3 is 0 Å². The van der Waals surface area contributed by atoms with E-state index < -0.39 is 0 Å². The number of aliphatic hydroxyl groups is 1. The van der Waals surface area contributed by atoms with Crippen LogP contribution >= 0.6 is 0 Å². The van der Waals surface area contributed by atoms with Crippen LogP contribution < -0.4 is 5.73 Å². The Balaban J connectivity index is 1.27. The second-order valence-corrected chi connectivity index (χ2v) is 10.1. The number of nitrogens with two attached hydrogens (primary N) is 1. The molecule has 3 N–H and O–H groups in total. The van der Waals surface area contributed by atoms with Crippen molar-refractivity contribution in [2.45, 2.75) is 37.3 Å². The maximum absolute atomic E-state index is 9.93. The smallest absolute Gasteiger partial charge is 0.150 e. The number of aliphatic hydroxyl groups excluding tert-OH is 1. The van der Waals surface area contributed by atoms with Crippen LogP contribution in [0.1, 0.15) is 31.0 Å². The Kier molecular flexibility index (Phi) is 5.01. The molecule has 1 saturated carbocycles. The number of benzene rings is 2. The average molecular weight is 477 g/mol. The molecule has 36 heavy (non-hydrogen) atoms. The van der Waals surface area contributed by atoms with Gasteiger partial charge < -0.3 is 10.8 Å². The summed E-state index contributed by atoms with van der Waals surface area (Å²) in [6.07, 6.45) is 6.51. The normalized spacial score (nSPS) is 22.3. The summed E-state index contributed by atoms with van der Waals surface area (Å²) < 4.78 is 2.12. The Morgan fingerprint density at radius 2 is 1.78 bits per heavy atom. The summed E-state index contributed by atoms with van der Waals surface area (Å²) in [5.41, 5.74) is 12.1. The van der Waals surface area contributed by atoms with Crippen molar-refractivity contribution in [3.8, 4) is 22.5 Å². The molecular weight excluding hydrogens is 448 g/mol. The zero-order valence-electron chi connectivity index (χ0n) is 20.0. The van der Waals surface area contributed by atoms with Gasteiger partial charge in [-0.25, -0.2) is 15.0 Å². The molecule has 0 amide bonds. The van der Waals surface area contributed by atoms with Crippen molar-refractivity contribution in [2.24, 2.45) is 0 Å². The van der Waals surface area contributed by atoms with Crippen LogP contribution in [-0.2, 0) is 0 Å². The highest BCUT2D eigenvalue weighted by Crippen LogP contribution is 2.42. The number of likely N-dealkylation sites (tertiary alicyclic amines) is 1. The maximum Gasteiger partial charge on any atom is 0.150 e. The van der Waals surface area contributed by atoms with Crippen LogP contribution in [0.4, 0.5) is 5.82 Å². The number of rotatable bonds is 4. The third kappa shape index (κ3) is 3.54. The Morgan fingerprint density at radius 3 is 2.58 bits per heavy atom. The van der Waals surface area contributed by atoms with Gasteiger partial charge in [0, 0.05) is 54.0 Å². The number of aromatic nitrogens is 4. The number of hydrogen-bond donors (Lipinski definition) is 2. The van der Waals surface area contributed by atoms with Crippen LogP contribution in [0.5, 0.6) is 0 Å². The van der Waals surface area contributed by atoms with E-state index in [2.05, 4.69) is 56.7 Å². The average Bonchev–Trinajstić information content (AvgIpc) is 3.48. The van der Waals surface area contributed by atoms with Crippen molar-refractivity contribution in [2.75, 3.05) is 18.8 Å². The van der Waals surface area contributed by atoms with Gasteiger partial charge in [-0.2, -0.15) is 0 Å². The fraction of sp³-hybridized carbons (Fsp3) is 0.276. The van der Waals surface area contributed by atoms with Gasteiger partial charge in [0.05, 0.1) is 17.3 Å². The third-order valence-corrected chi connectivity index (χ3v) is 7.83. The lowest BCUT2D eigenvalue weighted by Gasteiger charge is -2.40. The molecular formula is C29H28N6O. The first-order chi connectivity index (χ1) is 17.6. The van der Waals surface area contributed by atoms with Gasteiger partial charge in [-0.15, -0.1) is 0 Å². The molecule has 2 fully saturated rings.